The van der Waals surface area contributed by atoms with Crippen molar-refractivity contribution in [2.75, 3.05) is 4.90 Å². The minimum absolute atomic E-state index is 0.510. The van der Waals surface area contributed by atoms with Crippen LogP contribution in [-0.2, 0) is 5.41 Å². The number of aryl methyl sites for hydroxylation is 2. The van der Waals surface area contributed by atoms with Crippen molar-refractivity contribution in [1.82, 2.24) is 0 Å². The van der Waals surface area contributed by atoms with Gasteiger partial charge in [0, 0.05) is 16.9 Å². The minimum atomic E-state index is -0.510. The number of hydrogen-bond donors (Lipinski definition) is 0. The lowest BCUT2D eigenvalue weighted by Crippen LogP contribution is -2.29. The van der Waals surface area contributed by atoms with Gasteiger partial charge in [0.15, 0.2) is 0 Å². The zero-order chi connectivity index (χ0) is 42.8. The molecule has 0 N–H and O–H groups in total. The predicted molar refractivity (Wildman–Crippen MR) is 269 cm³/mol. The van der Waals surface area contributed by atoms with Crippen LogP contribution in [0.4, 0.5) is 17.1 Å². The highest BCUT2D eigenvalue weighted by molar-refractivity contribution is 6.01. The van der Waals surface area contributed by atoms with Crippen LogP contribution in [0.1, 0.15) is 33.4 Å². The van der Waals surface area contributed by atoms with E-state index in [4.69, 9.17) is 0 Å². The standard InChI is InChI=1S/C63H45N/c1-42-19-6-7-22-48(42)49-40-39-47(41-43(49)2)64(46-20-4-3-5-21-46)61-34-17-13-23-50(61)44-35-37-45(38-36-44)51-29-18-33-60-62(51)56-28-12-16-32-59(56)63(60)57-30-14-10-26-54(57)52-24-8-9-25-53(52)55-27-11-15-31-58(55)63/h3-41H,1-2H3. The van der Waals surface area contributed by atoms with Gasteiger partial charge in [0.05, 0.1) is 11.1 Å². The number of hydrogen-bond acceptors (Lipinski definition) is 1. The second kappa shape index (κ2) is 15.1. The summed E-state index contributed by atoms with van der Waals surface area (Å²) in [5.41, 5.74) is 25.7. The highest BCUT2D eigenvalue weighted by Gasteiger charge is 2.50. The van der Waals surface area contributed by atoms with E-state index in [0.717, 1.165) is 17.1 Å². The third-order valence-corrected chi connectivity index (χ3v) is 13.8. The Bertz CT molecular complexity index is 3340. The van der Waals surface area contributed by atoms with Gasteiger partial charge in [-0.3, -0.25) is 0 Å². The Hall–Kier alpha value is -8.00. The van der Waals surface area contributed by atoms with Crippen LogP contribution >= 0.6 is 0 Å². The highest BCUT2D eigenvalue weighted by atomic mass is 15.1. The van der Waals surface area contributed by atoms with E-state index in [9.17, 15) is 0 Å². The Kier molecular flexibility index (Phi) is 8.91. The number of para-hydroxylation sites is 2. The smallest absolute Gasteiger partial charge is 0.0725 e. The van der Waals surface area contributed by atoms with Gasteiger partial charge in [-0.15, -0.1) is 0 Å². The largest absolute Gasteiger partial charge is 0.310 e. The van der Waals surface area contributed by atoms with E-state index in [-0.39, 0.29) is 0 Å². The van der Waals surface area contributed by atoms with Crippen LogP contribution < -0.4 is 4.90 Å². The van der Waals surface area contributed by atoms with Gasteiger partial charge in [-0.2, -0.15) is 0 Å². The molecule has 302 valence electrons. The van der Waals surface area contributed by atoms with Crippen molar-refractivity contribution < 1.29 is 0 Å². The maximum atomic E-state index is 2.40. The molecule has 0 atom stereocenters. The Balaban J connectivity index is 1.00. The first kappa shape index (κ1) is 37.7. The molecule has 1 nitrogen and oxygen atoms in total. The summed E-state index contributed by atoms with van der Waals surface area (Å²) in [6.45, 7) is 4.42. The number of anilines is 3. The molecule has 0 aliphatic heterocycles. The van der Waals surface area contributed by atoms with Crippen molar-refractivity contribution in [3.05, 3.63) is 270 Å². The van der Waals surface area contributed by atoms with Gasteiger partial charge in [-0.25, -0.2) is 0 Å². The first-order valence-corrected chi connectivity index (χ1v) is 22.3. The van der Waals surface area contributed by atoms with Crippen molar-refractivity contribution in [1.29, 1.82) is 0 Å². The molecule has 1 spiro atoms. The summed E-state index contributed by atoms with van der Waals surface area (Å²) in [5.74, 6) is 0. The Morgan fingerprint density at radius 1 is 0.281 bits per heavy atom. The molecule has 2 aliphatic carbocycles. The molecular weight excluding hydrogens is 771 g/mol. The van der Waals surface area contributed by atoms with Crippen LogP contribution in [0.5, 0.6) is 0 Å². The summed E-state index contributed by atoms with van der Waals surface area (Å²) in [4.78, 5) is 2.40. The summed E-state index contributed by atoms with van der Waals surface area (Å²) in [7, 11) is 0. The van der Waals surface area contributed by atoms with E-state index in [1.54, 1.807) is 0 Å². The van der Waals surface area contributed by atoms with Crippen LogP contribution in [0, 0.1) is 13.8 Å². The minimum Gasteiger partial charge on any atom is -0.310 e. The van der Waals surface area contributed by atoms with Crippen LogP contribution in [0.2, 0.25) is 0 Å². The molecule has 0 saturated heterocycles. The van der Waals surface area contributed by atoms with E-state index in [2.05, 4.69) is 255 Å². The number of rotatable bonds is 6. The second-order valence-corrected chi connectivity index (χ2v) is 17.2. The van der Waals surface area contributed by atoms with Crippen LogP contribution in [0.3, 0.4) is 0 Å². The average Bonchev–Trinajstić information content (AvgIpc) is 3.60. The number of nitrogens with zero attached hydrogens (tertiary/aromatic N) is 1. The van der Waals surface area contributed by atoms with E-state index in [1.807, 2.05) is 0 Å². The molecule has 0 aromatic heterocycles. The lowest BCUT2D eigenvalue weighted by atomic mass is 9.66. The zero-order valence-corrected chi connectivity index (χ0v) is 36.0. The summed E-state index contributed by atoms with van der Waals surface area (Å²) >= 11 is 0. The Labute approximate surface area is 376 Å². The molecular formula is C63H45N. The normalized spacial score (nSPS) is 12.7. The van der Waals surface area contributed by atoms with Crippen molar-refractivity contribution in [3.63, 3.8) is 0 Å². The van der Waals surface area contributed by atoms with Gasteiger partial charge in [0.2, 0.25) is 0 Å². The molecule has 0 fully saturated rings. The molecule has 2 aliphatic rings. The first-order chi connectivity index (χ1) is 31.6. The molecule has 64 heavy (non-hydrogen) atoms. The lowest BCUT2D eigenvalue weighted by Gasteiger charge is -2.35. The molecule has 12 rings (SSSR count). The van der Waals surface area contributed by atoms with Gasteiger partial charge in [-0.1, -0.05) is 206 Å². The summed E-state index contributed by atoms with van der Waals surface area (Å²) in [6, 6.07) is 87.7. The fraction of sp³-hybridized carbons (Fsp3) is 0.0476. The topological polar surface area (TPSA) is 3.24 Å². The third-order valence-electron chi connectivity index (χ3n) is 13.8. The van der Waals surface area contributed by atoms with Crippen molar-refractivity contribution in [3.8, 4) is 66.8 Å². The lowest BCUT2D eigenvalue weighted by molar-refractivity contribution is 0.775. The number of benzene rings is 10. The fourth-order valence-corrected chi connectivity index (χ4v) is 11.0. The monoisotopic (exact) mass is 815 g/mol. The van der Waals surface area contributed by atoms with Crippen LogP contribution in [0.15, 0.2) is 237 Å². The highest BCUT2D eigenvalue weighted by Crippen LogP contribution is 2.62. The molecule has 1 heteroatoms. The molecule has 0 heterocycles. The molecule has 0 radical (unpaired) electrons. The fourth-order valence-electron chi connectivity index (χ4n) is 11.0. The van der Waals surface area contributed by atoms with Gasteiger partial charge in [0.1, 0.15) is 0 Å². The Morgan fingerprint density at radius 3 is 1.36 bits per heavy atom. The SMILES string of the molecule is Cc1ccccc1-c1ccc(N(c2ccccc2)c2ccccc2-c2ccc(-c3cccc4c3-c3ccccc3C43c4ccccc4-c4ccccc4-c4ccccc43)cc2)cc1C. The van der Waals surface area contributed by atoms with E-state index in [1.165, 1.54) is 100 Å². The summed E-state index contributed by atoms with van der Waals surface area (Å²) < 4.78 is 0. The molecule has 10 aromatic carbocycles. The maximum Gasteiger partial charge on any atom is 0.0725 e. The molecule has 0 unspecified atom stereocenters. The van der Waals surface area contributed by atoms with Gasteiger partial charge in [-0.05, 0) is 139 Å². The molecule has 0 bridgehead atoms. The van der Waals surface area contributed by atoms with E-state index < -0.39 is 5.41 Å². The van der Waals surface area contributed by atoms with Gasteiger partial charge >= 0.3 is 0 Å². The average molecular weight is 816 g/mol. The summed E-state index contributed by atoms with van der Waals surface area (Å²) in [5, 5.41) is 0. The van der Waals surface area contributed by atoms with Crippen LogP contribution in [0.25, 0.3) is 66.8 Å². The van der Waals surface area contributed by atoms with Crippen molar-refractivity contribution in [2.24, 2.45) is 0 Å². The maximum absolute atomic E-state index is 2.40. The van der Waals surface area contributed by atoms with E-state index >= 15 is 0 Å². The van der Waals surface area contributed by atoms with Crippen molar-refractivity contribution >= 4 is 17.1 Å². The van der Waals surface area contributed by atoms with Crippen molar-refractivity contribution in [2.45, 2.75) is 19.3 Å². The summed E-state index contributed by atoms with van der Waals surface area (Å²) in [6.07, 6.45) is 0. The predicted octanol–water partition coefficient (Wildman–Crippen LogP) is 16.8. The first-order valence-electron chi connectivity index (χ1n) is 22.3. The molecule has 10 aromatic rings. The molecule has 0 saturated carbocycles. The van der Waals surface area contributed by atoms with E-state index in [0.29, 0.717) is 0 Å². The quantitative estimate of drug-likeness (QED) is 0.162. The number of fused-ring (bicyclic) bond motifs is 12. The third kappa shape index (κ3) is 5.71. The Morgan fingerprint density at radius 2 is 0.734 bits per heavy atom. The van der Waals surface area contributed by atoms with Gasteiger partial charge < -0.3 is 4.90 Å². The molecule has 0 amide bonds. The van der Waals surface area contributed by atoms with Gasteiger partial charge in [0.25, 0.3) is 0 Å². The second-order valence-electron chi connectivity index (χ2n) is 17.2. The zero-order valence-electron chi connectivity index (χ0n) is 36.0. The van der Waals surface area contributed by atoms with Crippen LogP contribution in [-0.4, -0.2) is 0 Å².